The van der Waals surface area contributed by atoms with Crippen molar-refractivity contribution >= 4 is 29.0 Å². The van der Waals surface area contributed by atoms with E-state index in [9.17, 15) is 18.0 Å². The Balaban J connectivity index is 2.02. The van der Waals surface area contributed by atoms with E-state index in [2.05, 4.69) is 15.5 Å². The van der Waals surface area contributed by atoms with E-state index in [1.165, 1.54) is 17.8 Å². The molecule has 1 aromatic carbocycles. The van der Waals surface area contributed by atoms with Gasteiger partial charge in [-0.1, -0.05) is 5.16 Å². The Labute approximate surface area is 146 Å². The topological polar surface area (TPSA) is 71.3 Å². The molecule has 1 N–H and O–H groups in total. The van der Waals surface area contributed by atoms with E-state index >= 15 is 0 Å². The van der Waals surface area contributed by atoms with Crippen LogP contribution in [0.25, 0.3) is 0 Å². The number of carbonyl (C=O) groups is 1. The summed E-state index contributed by atoms with van der Waals surface area (Å²) in [5.74, 6) is 0.903. The zero-order chi connectivity index (χ0) is 18.6. The number of nitrogens with zero attached hydrogens (tertiary/aromatic N) is 3. The Morgan fingerprint density at radius 1 is 1.36 bits per heavy atom. The number of hydrogen-bond acceptors (Lipinski definition) is 6. The molecule has 1 amide bonds. The Kier molecular flexibility index (Phi) is 5.93. The molecule has 136 valence electrons. The van der Waals surface area contributed by atoms with E-state index < -0.39 is 17.6 Å². The number of amides is 1. The molecule has 0 radical (unpaired) electrons. The number of carbonyl (C=O) groups excluding carboxylic acids is 1. The Hall–Kier alpha value is -2.23. The van der Waals surface area contributed by atoms with Crippen LogP contribution in [-0.4, -0.2) is 35.9 Å². The van der Waals surface area contributed by atoms with Crippen molar-refractivity contribution in [2.75, 3.05) is 30.1 Å². The number of nitrogens with one attached hydrogen (secondary N) is 1. The molecule has 25 heavy (non-hydrogen) atoms. The SMILES string of the molecule is Cc1nc(CSCC(=O)Nc2cc(C(F)(F)F)ccc2N(C)C)no1. The van der Waals surface area contributed by atoms with Crippen LogP contribution in [0.2, 0.25) is 0 Å². The molecule has 0 spiro atoms. The fraction of sp³-hybridized carbons (Fsp3) is 0.400. The van der Waals surface area contributed by atoms with Gasteiger partial charge >= 0.3 is 6.18 Å². The van der Waals surface area contributed by atoms with Gasteiger partial charge in [0.15, 0.2) is 5.82 Å². The van der Waals surface area contributed by atoms with Gasteiger partial charge < -0.3 is 14.7 Å². The number of halogens is 3. The van der Waals surface area contributed by atoms with Crippen LogP contribution in [0.3, 0.4) is 0 Å². The summed E-state index contributed by atoms with van der Waals surface area (Å²) in [6.45, 7) is 1.66. The van der Waals surface area contributed by atoms with Crippen LogP contribution >= 0.6 is 11.8 Å². The van der Waals surface area contributed by atoms with Gasteiger partial charge in [-0.25, -0.2) is 0 Å². The van der Waals surface area contributed by atoms with Crippen molar-refractivity contribution in [3.63, 3.8) is 0 Å². The molecular weight excluding hydrogens is 357 g/mol. The van der Waals surface area contributed by atoms with Crippen molar-refractivity contribution in [1.82, 2.24) is 10.1 Å². The maximum atomic E-state index is 12.9. The van der Waals surface area contributed by atoms with Gasteiger partial charge in [-0.15, -0.1) is 11.8 Å². The van der Waals surface area contributed by atoms with Crippen LogP contribution in [0, 0.1) is 6.92 Å². The highest BCUT2D eigenvalue weighted by atomic mass is 32.2. The minimum Gasteiger partial charge on any atom is -0.376 e. The second-order valence-corrected chi connectivity index (χ2v) is 6.38. The second kappa shape index (κ2) is 7.77. The van der Waals surface area contributed by atoms with E-state index in [1.807, 2.05) is 0 Å². The second-order valence-electron chi connectivity index (χ2n) is 5.39. The Morgan fingerprint density at radius 3 is 2.64 bits per heavy atom. The molecule has 0 aliphatic rings. The van der Waals surface area contributed by atoms with Crippen LogP contribution in [0.5, 0.6) is 0 Å². The van der Waals surface area contributed by atoms with Crippen molar-refractivity contribution in [3.05, 3.63) is 35.5 Å². The number of alkyl halides is 3. The quantitative estimate of drug-likeness (QED) is 0.836. The summed E-state index contributed by atoms with van der Waals surface area (Å²) in [6.07, 6.45) is -4.48. The Morgan fingerprint density at radius 2 is 2.08 bits per heavy atom. The van der Waals surface area contributed by atoms with Crippen LogP contribution in [0.4, 0.5) is 24.5 Å². The molecule has 10 heteroatoms. The minimum absolute atomic E-state index is 0.0523. The van der Waals surface area contributed by atoms with Gasteiger partial charge in [0.05, 0.1) is 28.4 Å². The van der Waals surface area contributed by atoms with Crippen molar-refractivity contribution in [2.45, 2.75) is 18.9 Å². The van der Waals surface area contributed by atoms with Crippen LogP contribution in [-0.2, 0) is 16.7 Å². The van der Waals surface area contributed by atoms with Crippen LogP contribution in [0.15, 0.2) is 22.7 Å². The molecule has 0 saturated carbocycles. The third-order valence-electron chi connectivity index (χ3n) is 3.11. The summed E-state index contributed by atoms with van der Waals surface area (Å²) in [5.41, 5.74) is -0.218. The van der Waals surface area contributed by atoms with Gasteiger partial charge in [-0.3, -0.25) is 4.79 Å². The lowest BCUT2D eigenvalue weighted by atomic mass is 10.1. The summed E-state index contributed by atoms with van der Waals surface area (Å²) >= 11 is 1.24. The Bertz CT molecular complexity index is 747. The summed E-state index contributed by atoms with van der Waals surface area (Å²) in [6, 6.07) is 3.24. The standard InChI is InChI=1S/C15H17F3N4O2S/c1-9-19-13(21-24-9)7-25-8-14(23)20-11-6-10(15(16,17)18)4-5-12(11)22(2)3/h4-6H,7-8H2,1-3H3,(H,20,23). The largest absolute Gasteiger partial charge is 0.416 e. The summed E-state index contributed by atoms with van der Waals surface area (Å²) in [4.78, 5) is 17.7. The first-order chi connectivity index (χ1) is 11.7. The third-order valence-corrected chi connectivity index (χ3v) is 4.04. The highest BCUT2D eigenvalue weighted by Gasteiger charge is 2.31. The number of hydrogen-bond donors (Lipinski definition) is 1. The normalized spacial score (nSPS) is 11.4. The summed E-state index contributed by atoms with van der Waals surface area (Å²) in [7, 11) is 3.37. The van der Waals surface area contributed by atoms with Crippen molar-refractivity contribution in [3.8, 4) is 0 Å². The van der Waals surface area contributed by atoms with Gasteiger partial charge in [0.2, 0.25) is 11.8 Å². The maximum Gasteiger partial charge on any atom is 0.416 e. The predicted octanol–water partition coefficient (Wildman–Crippen LogP) is 3.33. The molecule has 1 heterocycles. The zero-order valence-electron chi connectivity index (χ0n) is 13.8. The highest BCUT2D eigenvalue weighted by Crippen LogP contribution is 2.35. The minimum atomic E-state index is -4.48. The lowest BCUT2D eigenvalue weighted by molar-refractivity contribution is -0.137. The molecule has 0 aliphatic heterocycles. The third kappa shape index (κ3) is 5.38. The molecule has 0 fully saturated rings. The first kappa shape index (κ1) is 19.1. The number of anilines is 2. The predicted molar refractivity (Wildman–Crippen MR) is 89.6 cm³/mol. The molecule has 1 aromatic heterocycles. The fourth-order valence-corrected chi connectivity index (χ4v) is 2.68. The molecule has 0 aliphatic carbocycles. The van der Waals surface area contributed by atoms with E-state index in [4.69, 9.17) is 4.52 Å². The first-order valence-corrected chi connectivity index (χ1v) is 8.37. The molecule has 0 unspecified atom stereocenters. The van der Waals surface area contributed by atoms with Gasteiger partial charge in [0.25, 0.3) is 0 Å². The lowest BCUT2D eigenvalue weighted by Crippen LogP contribution is -2.19. The summed E-state index contributed by atoms with van der Waals surface area (Å²) in [5, 5.41) is 6.23. The molecule has 6 nitrogen and oxygen atoms in total. The molecule has 0 saturated heterocycles. The number of rotatable bonds is 6. The molecular formula is C15H17F3N4O2S. The average Bonchev–Trinajstić information content (AvgIpc) is 2.91. The number of benzene rings is 1. The molecule has 2 rings (SSSR count). The van der Waals surface area contributed by atoms with Gasteiger partial charge in [-0.05, 0) is 18.2 Å². The van der Waals surface area contributed by atoms with Gasteiger partial charge in [0.1, 0.15) is 0 Å². The average molecular weight is 374 g/mol. The number of aryl methyl sites for hydroxylation is 1. The van der Waals surface area contributed by atoms with Gasteiger partial charge in [-0.2, -0.15) is 18.2 Å². The molecule has 0 atom stereocenters. The van der Waals surface area contributed by atoms with Crippen LogP contribution < -0.4 is 10.2 Å². The fourth-order valence-electron chi connectivity index (χ4n) is 2.02. The van der Waals surface area contributed by atoms with Crippen molar-refractivity contribution < 1.29 is 22.5 Å². The highest BCUT2D eigenvalue weighted by molar-refractivity contribution is 7.99. The van der Waals surface area contributed by atoms with Gasteiger partial charge in [0, 0.05) is 21.0 Å². The van der Waals surface area contributed by atoms with E-state index in [0.29, 0.717) is 23.2 Å². The van der Waals surface area contributed by atoms with Crippen molar-refractivity contribution in [2.24, 2.45) is 0 Å². The molecule has 2 aromatic rings. The monoisotopic (exact) mass is 374 g/mol. The van der Waals surface area contributed by atoms with Crippen molar-refractivity contribution in [1.29, 1.82) is 0 Å². The smallest absolute Gasteiger partial charge is 0.376 e. The first-order valence-electron chi connectivity index (χ1n) is 7.22. The maximum absolute atomic E-state index is 12.9. The molecule has 0 bridgehead atoms. The van der Waals surface area contributed by atoms with E-state index in [0.717, 1.165) is 12.1 Å². The van der Waals surface area contributed by atoms with E-state index in [1.54, 1.807) is 25.9 Å². The number of thioether (sulfide) groups is 1. The van der Waals surface area contributed by atoms with E-state index in [-0.39, 0.29) is 11.4 Å². The summed E-state index contributed by atoms with van der Waals surface area (Å²) < 4.78 is 43.4. The number of aromatic nitrogens is 2. The lowest BCUT2D eigenvalue weighted by Gasteiger charge is -2.19. The zero-order valence-corrected chi connectivity index (χ0v) is 14.7. The van der Waals surface area contributed by atoms with Crippen LogP contribution in [0.1, 0.15) is 17.3 Å².